The van der Waals surface area contributed by atoms with Crippen LogP contribution in [0.2, 0.25) is 0 Å². The third-order valence-electron chi connectivity index (χ3n) is 4.67. The molecule has 2 aliphatic heterocycles. The van der Waals surface area contributed by atoms with E-state index in [1.54, 1.807) is 0 Å². The molecule has 0 saturated carbocycles. The van der Waals surface area contributed by atoms with Crippen molar-refractivity contribution in [2.45, 2.75) is 12.8 Å². The molecule has 18 heavy (non-hydrogen) atoms. The van der Waals surface area contributed by atoms with Gasteiger partial charge in [0.2, 0.25) is 0 Å². The van der Waals surface area contributed by atoms with E-state index in [0.29, 0.717) is 5.41 Å². The topological polar surface area (TPSA) is 31.1 Å². The van der Waals surface area contributed by atoms with E-state index in [2.05, 4.69) is 39.5 Å². The lowest BCUT2D eigenvalue weighted by atomic mass is 9.86. The first-order valence-corrected chi connectivity index (χ1v) is 6.88. The largest absolute Gasteiger partial charge is 0.371 e. The predicted molar refractivity (Wildman–Crippen MR) is 75.0 cm³/mol. The minimum atomic E-state index is 0.549. The fourth-order valence-electron chi connectivity index (χ4n) is 3.54. The number of rotatable bonds is 1. The molecule has 3 heterocycles. The van der Waals surface area contributed by atoms with Gasteiger partial charge in [-0.15, -0.1) is 0 Å². The third-order valence-corrected chi connectivity index (χ3v) is 4.67. The summed E-state index contributed by atoms with van der Waals surface area (Å²) >= 11 is 0. The zero-order valence-corrected chi connectivity index (χ0v) is 10.6. The van der Waals surface area contributed by atoms with Crippen LogP contribution in [0, 0.1) is 5.41 Å². The molecule has 94 valence electrons. The molecule has 2 N–H and O–H groups in total. The minimum absolute atomic E-state index is 0.549. The fourth-order valence-corrected chi connectivity index (χ4v) is 3.54. The summed E-state index contributed by atoms with van der Waals surface area (Å²) in [7, 11) is 0. The number of hydrogen-bond donors (Lipinski definition) is 2. The summed E-state index contributed by atoms with van der Waals surface area (Å²) in [6.07, 6.45) is 4.70. The van der Waals surface area contributed by atoms with Crippen LogP contribution in [0.5, 0.6) is 0 Å². The van der Waals surface area contributed by atoms with Gasteiger partial charge in [-0.3, -0.25) is 0 Å². The highest BCUT2D eigenvalue weighted by molar-refractivity contribution is 5.83. The second-order valence-electron chi connectivity index (χ2n) is 5.85. The molecule has 2 aromatic rings. The summed E-state index contributed by atoms with van der Waals surface area (Å²) in [5.41, 5.74) is 3.16. The lowest BCUT2D eigenvalue weighted by Gasteiger charge is -2.24. The van der Waals surface area contributed by atoms with Crippen molar-refractivity contribution in [2.24, 2.45) is 5.41 Å². The number of benzene rings is 1. The molecule has 0 bridgehead atoms. The smallest absolute Gasteiger partial charge is 0.0455 e. The molecule has 2 saturated heterocycles. The number of H-pyrrole nitrogens is 1. The summed E-state index contributed by atoms with van der Waals surface area (Å²) in [5, 5.41) is 4.84. The van der Waals surface area contributed by atoms with E-state index in [4.69, 9.17) is 0 Å². The van der Waals surface area contributed by atoms with Gasteiger partial charge >= 0.3 is 0 Å². The van der Waals surface area contributed by atoms with E-state index in [-0.39, 0.29) is 0 Å². The van der Waals surface area contributed by atoms with Crippen LogP contribution in [0.3, 0.4) is 0 Å². The highest BCUT2D eigenvalue weighted by Crippen LogP contribution is 2.38. The van der Waals surface area contributed by atoms with Crippen molar-refractivity contribution in [3.05, 3.63) is 30.5 Å². The summed E-state index contributed by atoms with van der Waals surface area (Å²) in [5.74, 6) is 0. The Hall–Kier alpha value is -1.48. The second-order valence-corrected chi connectivity index (χ2v) is 5.85. The Kier molecular flexibility index (Phi) is 2.18. The molecule has 1 unspecified atom stereocenters. The Morgan fingerprint density at radius 2 is 2.17 bits per heavy atom. The fraction of sp³-hybridized carbons (Fsp3) is 0.467. The molecular formula is C15H19N3. The van der Waals surface area contributed by atoms with Crippen LogP contribution in [0.1, 0.15) is 12.8 Å². The zero-order valence-electron chi connectivity index (χ0n) is 10.6. The summed E-state index contributed by atoms with van der Waals surface area (Å²) in [6.45, 7) is 4.83. The highest BCUT2D eigenvalue weighted by Gasteiger charge is 2.40. The molecule has 1 aromatic heterocycles. The molecule has 1 spiro atoms. The van der Waals surface area contributed by atoms with Gasteiger partial charge in [-0.2, -0.15) is 0 Å². The summed E-state index contributed by atoms with van der Waals surface area (Å²) < 4.78 is 0. The molecule has 0 amide bonds. The maximum absolute atomic E-state index is 3.52. The Morgan fingerprint density at radius 1 is 1.17 bits per heavy atom. The van der Waals surface area contributed by atoms with Crippen LogP contribution in [-0.4, -0.2) is 31.2 Å². The van der Waals surface area contributed by atoms with E-state index in [1.165, 1.54) is 55.6 Å². The number of hydrogen-bond acceptors (Lipinski definition) is 2. The first kappa shape index (κ1) is 10.4. The van der Waals surface area contributed by atoms with Gasteiger partial charge in [0.25, 0.3) is 0 Å². The van der Waals surface area contributed by atoms with E-state index >= 15 is 0 Å². The van der Waals surface area contributed by atoms with Gasteiger partial charge in [0.05, 0.1) is 0 Å². The van der Waals surface area contributed by atoms with Crippen molar-refractivity contribution in [1.82, 2.24) is 10.3 Å². The van der Waals surface area contributed by atoms with E-state index in [9.17, 15) is 0 Å². The van der Waals surface area contributed by atoms with Crippen molar-refractivity contribution in [1.29, 1.82) is 0 Å². The minimum Gasteiger partial charge on any atom is -0.371 e. The molecule has 0 aliphatic carbocycles. The van der Waals surface area contributed by atoms with Gasteiger partial charge in [-0.05, 0) is 43.7 Å². The average molecular weight is 241 g/mol. The first-order chi connectivity index (χ1) is 8.85. The predicted octanol–water partition coefficient (Wildman–Crippen LogP) is 2.36. The normalized spacial score (nSPS) is 27.7. The van der Waals surface area contributed by atoms with Gasteiger partial charge in [0.15, 0.2) is 0 Å². The average Bonchev–Trinajstić information content (AvgIpc) is 3.11. The Morgan fingerprint density at radius 3 is 3.06 bits per heavy atom. The van der Waals surface area contributed by atoms with Crippen LogP contribution < -0.4 is 10.2 Å². The molecule has 0 radical (unpaired) electrons. The van der Waals surface area contributed by atoms with E-state index in [0.717, 1.165) is 0 Å². The quantitative estimate of drug-likeness (QED) is 0.803. The Bertz CT molecular complexity index is 566. The monoisotopic (exact) mass is 241 g/mol. The van der Waals surface area contributed by atoms with Gasteiger partial charge in [0, 0.05) is 47.8 Å². The van der Waals surface area contributed by atoms with E-state index < -0.39 is 0 Å². The zero-order chi connectivity index (χ0) is 12.0. The van der Waals surface area contributed by atoms with Gasteiger partial charge in [-0.1, -0.05) is 0 Å². The number of anilines is 1. The number of aromatic nitrogens is 1. The molecule has 3 heteroatoms. The standard InChI is InChI=1S/C15H19N3/c1-2-14-12(3-6-17-14)9-13(1)18-8-5-15(11-18)4-7-16-10-15/h1-3,6,9,16-17H,4-5,7-8,10-11H2. The highest BCUT2D eigenvalue weighted by atomic mass is 15.2. The molecular weight excluding hydrogens is 222 g/mol. The lowest BCUT2D eigenvalue weighted by molar-refractivity contribution is 0.369. The van der Waals surface area contributed by atoms with Crippen molar-refractivity contribution in [3.8, 4) is 0 Å². The summed E-state index contributed by atoms with van der Waals surface area (Å²) in [6, 6.07) is 8.91. The van der Waals surface area contributed by atoms with Crippen molar-refractivity contribution < 1.29 is 0 Å². The Balaban J connectivity index is 1.63. The lowest BCUT2D eigenvalue weighted by Crippen LogP contribution is -2.29. The Labute approximate surface area is 107 Å². The number of nitrogens with one attached hydrogen (secondary N) is 2. The van der Waals surface area contributed by atoms with Crippen LogP contribution in [-0.2, 0) is 0 Å². The second kappa shape index (κ2) is 3.75. The maximum atomic E-state index is 3.52. The van der Waals surface area contributed by atoms with Crippen molar-refractivity contribution in [2.75, 3.05) is 31.1 Å². The van der Waals surface area contributed by atoms with Crippen LogP contribution in [0.25, 0.3) is 10.9 Å². The molecule has 1 aromatic carbocycles. The van der Waals surface area contributed by atoms with Crippen molar-refractivity contribution in [3.63, 3.8) is 0 Å². The van der Waals surface area contributed by atoms with Crippen LogP contribution in [0.15, 0.2) is 30.5 Å². The van der Waals surface area contributed by atoms with Crippen molar-refractivity contribution >= 4 is 16.6 Å². The maximum Gasteiger partial charge on any atom is 0.0455 e. The number of aromatic amines is 1. The number of fused-ring (bicyclic) bond motifs is 1. The van der Waals surface area contributed by atoms with Gasteiger partial charge < -0.3 is 15.2 Å². The molecule has 2 fully saturated rings. The summed E-state index contributed by atoms with van der Waals surface area (Å²) in [4.78, 5) is 5.81. The molecule has 1 atom stereocenters. The van der Waals surface area contributed by atoms with E-state index in [1.807, 2.05) is 6.20 Å². The van der Waals surface area contributed by atoms with Crippen LogP contribution >= 0.6 is 0 Å². The number of nitrogens with zero attached hydrogens (tertiary/aromatic N) is 1. The molecule has 3 nitrogen and oxygen atoms in total. The molecule has 4 rings (SSSR count). The van der Waals surface area contributed by atoms with Gasteiger partial charge in [-0.25, -0.2) is 0 Å². The third kappa shape index (κ3) is 1.54. The molecule has 2 aliphatic rings. The SMILES string of the molecule is c1cc2cc(N3CCC4(CCNC4)C3)ccc2[nH]1. The van der Waals surface area contributed by atoms with Crippen LogP contribution in [0.4, 0.5) is 5.69 Å². The van der Waals surface area contributed by atoms with Gasteiger partial charge in [0.1, 0.15) is 0 Å². The first-order valence-electron chi connectivity index (χ1n) is 6.88.